The Morgan fingerprint density at radius 2 is 1.86 bits per heavy atom. The number of aromatic nitrogens is 4. The monoisotopic (exact) mass is 578 g/mol. The third-order valence-corrected chi connectivity index (χ3v) is 7.28. The highest BCUT2D eigenvalue weighted by Gasteiger charge is 2.63. The Morgan fingerprint density at radius 1 is 1.17 bits per heavy atom. The van der Waals surface area contributed by atoms with E-state index < -0.39 is 59.6 Å². The summed E-state index contributed by atoms with van der Waals surface area (Å²) in [6.45, 7) is 6.32. The van der Waals surface area contributed by atoms with E-state index in [1.54, 1.807) is 58.3 Å². The Balaban J connectivity index is 1.49. The minimum Gasteiger partial charge on any atom is -0.455 e. The number of nitrogens with two attached hydrogens (primary N) is 1. The van der Waals surface area contributed by atoms with Crippen LogP contribution in [-0.2, 0) is 44.5 Å². The highest BCUT2D eigenvalue weighted by Crippen LogP contribution is 2.45. The van der Waals surface area contributed by atoms with Gasteiger partial charge in [0.1, 0.15) is 36.2 Å². The van der Waals surface area contributed by atoms with E-state index in [1.807, 2.05) is 0 Å². The standard InChI is InChI=1S/C28H30N6O8/c1-26(2)11-20(35)39-22-18(13-38-25(37)42-27(3,4)16-7-9-31-10-8-16)41-28(14-29,23(22)40-21(36)12-26)19-6-5-17-24(30)32-15-33-34(17)19/h5-10,15,18,22-23H,11-13H2,1-4H3,(H2,30,32,33)/t18-,22-,23-,28+/m1/s1. The zero-order valence-electron chi connectivity index (χ0n) is 23.5. The van der Waals surface area contributed by atoms with E-state index in [2.05, 4.69) is 21.1 Å². The van der Waals surface area contributed by atoms with E-state index >= 15 is 0 Å². The van der Waals surface area contributed by atoms with Crippen LogP contribution in [0, 0.1) is 16.7 Å². The van der Waals surface area contributed by atoms with Crippen LogP contribution in [0.25, 0.3) is 5.52 Å². The van der Waals surface area contributed by atoms with Crippen molar-refractivity contribution < 1.29 is 38.1 Å². The normalized spacial score (nSPS) is 25.6. The first-order chi connectivity index (χ1) is 19.8. The molecule has 3 aromatic heterocycles. The molecule has 0 bridgehead atoms. The number of anilines is 1. The average molecular weight is 579 g/mol. The van der Waals surface area contributed by atoms with Crippen molar-refractivity contribution in [3.05, 3.63) is 54.2 Å². The fraction of sp³-hybridized carbons (Fsp3) is 0.464. The van der Waals surface area contributed by atoms with Gasteiger partial charge in [-0.3, -0.25) is 14.6 Å². The van der Waals surface area contributed by atoms with Gasteiger partial charge < -0.3 is 29.4 Å². The summed E-state index contributed by atoms with van der Waals surface area (Å²) in [4.78, 5) is 46.8. The zero-order valence-corrected chi connectivity index (χ0v) is 23.5. The van der Waals surface area contributed by atoms with Gasteiger partial charge in [-0.05, 0) is 49.1 Å². The van der Waals surface area contributed by atoms with E-state index in [1.165, 1.54) is 16.9 Å². The Kier molecular flexibility index (Phi) is 7.23. The largest absolute Gasteiger partial charge is 0.509 e. The van der Waals surface area contributed by atoms with Gasteiger partial charge in [-0.15, -0.1) is 0 Å². The summed E-state index contributed by atoms with van der Waals surface area (Å²) in [6.07, 6.45) is -0.910. The van der Waals surface area contributed by atoms with E-state index in [0.717, 1.165) is 0 Å². The minimum atomic E-state index is -2.03. The van der Waals surface area contributed by atoms with Crippen molar-refractivity contribution in [2.45, 2.75) is 70.1 Å². The molecule has 42 heavy (non-hydrogen) atoms. The quantitative estimate of drug-likeness (QED) is 0.343. The van der Waals surface area contributed by atoms with Crippen molar-refractivity contribution in [3.8, 4) is 6.07 Å². The molecule has 2 N–H and O–H groups in total. The summed E-state index contributed by atoms with van der Waals surface area (Å²) >= 11 is 0. The molecule has 14 nitrogen and oxygen atoms in total. The molecule has 5 rings (SSSR count). The maximum atomic E-state index is 13.1. The predicted molar refractivity (Wildman–Crippen MR) is 142 cm³/mol. The summed E-state index contributed by atoms with van der Waals surface area (Å²) < 4.78 is 30.1. The third-order valence-electron chi connectivity index (χ3n) is 7.28. The lowest BCUT2D eigenvalue weighted by molar-refractivity contribution is -0.166. The van der Waals surface area contributed by atoms with Gasteiger partial charge in [0.25, 0.3) is 0 Å². The molecule has 3 aromatic rings. The van der Waals surface area contributed by atoms with Crippen LogP contribution in [-0.4, -0.2) is 62.6 Å². The molecular formula is C28H30N6O8. The lowest BCUT2D eigenvalue weighted by Crippen LogP contribution is -2.45. The van der Waals surface area contributed by atoms with E-state index in [-0.39, 0.29) is 24.4 Å². The van der Waals surface area contributed by atoms with Crippen LogP contribution in [0.15, 0.2) is 43.0 Å². The van der Waals surface area contributed by atoms with Gasteiger partial charge in [-0.25, -0.2) is 14.3 Å². The zero-order chi connectivity index (χ0) is 30.3. The molecule has 5 heterocycles. The molecule has 2 saturated heterocycles. The number of nitriles is 1. The summed E-state index contributed by atoms with van der Waals surface area (Å²) in [5.41, 5.74) is 3.32. The molecule has 2 aliphatic rings. The summed E-state index contributed by atoms with van der Waals surface area (Å²) in [7, 11) is 0. The van der Waals surface area contributed by atoms with E-state index in [9.17, 15) is 19.6 Å². The number of fused-ring (bicyclic) bond motifs is 2. The van der Waals surface area contributed by atoms with Crippen LogP contribution >= 0.6 is 0 Å². The smallest absolute Gasteiger partial charge is 0.455 e. The fourth-order valence-electron chi connectivity index (χ4n) is 5.22. The summed E-state index contributed by atoms with van der Waals surface area (Å²) in [5.74, 6) is -1.16. The number of nitrogen functional groups attached to an aromatic ring is 1. The topological polar surface area (TPSA) is 190 Å². The minimum absolute atomic E-state index is 0.0988. The van der Waals surface area contributed by atoms with Gasteiger partial charge >= 0.3 is 18.1 Å². The Labute approximate surface area is 240 Å². The van der Waals surface area contributed by atoms with Gasteiger partial charge in [0.2, 0.25) is 5.60 Å². The number of esters is 2. The van der Waals surface area contributed by atoms with Crippen LogP contribution in [0.4, 0.5) is 10.6 Å². The highest BCUT2D eigenvalue weighted by molar-refractivity contribution is 5.75. The fourth-order valence-corrected chi connectivity index (χ4v) is 5.22. The van der Waals surface area contributed by atoms with Crippen LogP contribution in [0.3, 0.4) is 0 Å². The molecule has 0 unspecified atom stereocenters. The number of nitrogens with zero attached hydrogens (tertiary/aromatic N) is 5. The molecule has 4 atom stereocenters. The number of carbonyl (C=O) groups is 3. The molecule has 2 fully saturated rings. The first kappa shape index (κ1) is 28.7. The molecule has 0 spiro atoms. The van der Waals surface area contributed by atoms with Crippen molar-refractivity contribution in [2.75, 3.05) is 12.3 Å². The van der Waals surface area contributed by atoms with Crippen LogP contribution in [0.5, 0.6) is 0 Å². The van der Waals surface area contributed by atoms with Crippen molar-refractivity contribution in [2.24, 2.45) is 5.41 Å². The number of pyridine rings is 1. The second kappa shape index (κ2) is 10.6. The highest BCUT2D eigenvalue weighted by atomic mass is 16.7. The van der Waals surface area contributed by atoms with Gasteiger partial charge in [-0.2, -0.15) is 10.4 Å². The van der Waals surface area contributed by atoms with Gasteiger partial charge in [0.15, 0.2) is 18.0 Å². The average Bonchev–Trinajstić information content (AvgIpc) is 3.48. The molecular weight excluding hydrogens is 548 g/mol. The lowest BCUT2D eigenvalue weighted by Gasteiger charge is -2.28. The van der Waals surface area contributed by atoms with Crippen molar-refractivity contribution >= 4 is 29.4 Å². The van der Waals surface area contributed by atoms with Crippen molar-refractivity contribution in [1.29, 1.82) is 5.26 Å². The van der Waals surface area contributed by atoms with Gasteiger partial charge in [-0.1, -0.05) is 13.8 Å². The predicted octanol–water partition coefficient (Wildman–Crippen LogP) is 2.56. The SMILES string of the molecule is CC1(C)CC(=O)O[C@H]2[C@@H](OC(=O)C1)[C@](C#N)(c1ccc3c(N)ncnn13)O[C@@H]2COC(=O)OC(C)(C)c1ccncc1. The molecule has 0 radical (unpaired) electrons. The number of carbonyl (C=O) groups excluding carboxylic acids is 3. The van der Waals surface area contributed by atoms with Crippen LogP contribution < -0.4 is 5.73 Å². The third kappa shape index (κ3) is 5.30. The van der Waals surface area contributed by atoms with Gasteiger partial charge in [0, 0.05) is 12.4 Å². The van der Waals surface area contributed by atoms with E-state index in [0.29, 0.717) is 11.1 Å². The Morgan fingerprint density at radius 3 is 2.55 bits per heavy atom. The second-order valence-corrected chi connectivity index (χ2v) is 11.5. The number of hydrogen-bond donors (Lipinski definition) is 1. The molecule has 0 amide bonds. The summed E-state index contributed by atoms with van der Waals surface area (Å²) in [5, 5.41) is 14.8. The molecule has 220 valence electrons. The first-order valence-electron chi connectivity index (χ1n) is 13.2. The Hall–Kier alpha value is -4.77. The van der Waals surface area contributed by atoms with Crippen LogP contribution in [0.1, 0.15) is 51.8 Å². The van der Waals surface area contributed by atoms with Gasteiger partial charge in [0.05, 0.1) is 18.5 Å². The molecule has 0 aromatic carbocycles. The Bertz CT molecular complexity index is 1570. The molecule has 2 aliphatic heterocycles. The lowest BCUT2D eigenvalue weighted by atomic mass is 9.86. The second-order valence-electron chi connectivity index (χ2n) is 11.5. The summed E-state index contributed by atoms with van der Waals surface area (Å²) in [6, 6.07) is 8.61. The van der Waals surface area contributed by atoms with Crippen molar-refractivity contribution in [1.82, 2.24) is 19.6 Å². The number of rotatable bonds is 5. The van der Waals surface area contributed by atoms with E-state index in [4.69, 9.17) is 29.4 Å². The molecule has 14 heteroatoms. The number of ether oxygens (including phenoxy) is 5. The maximum absolute atomic E-state index is 13.1. The molecule has 0 saturated carbocycles. The first-order valence-corrected chi connectivity index (χ1v) is 13.2. The molecule has 0 aliphatic carbocycles. The maximum Gasteiger partial charge on any atom is 0.509 e. The number of hydrogen-bond acceptors (Lipinski definition) is 13. The van der Waals surface area contributed by atoms with Crippen molar-refractivity contribution in [3.63, 3.8) is 0 Å². The van der Waals surface area contributed by atoms with Crippen LogP contribution in [0.2, 0.25) is 0 Å².